The van der Waals surface area contributed by atoms with E-state index in [1.54, 1.807) is 0 Å². The molecule has 1 N–H and O–H groups in total. The molecule has 0 saturated carbocycles. The Kier molecular flexibility index (Phi) is 4.11. The van der Waals surface area contributed by atoms with Gasteiger partial charge in [-0.05, 0) is 18.4 Å². The lowest BCUT2D eigenvalue weighted by atomic mass is 10.3. The smallest absolute Gasteiger partial charge is 0.269 e. The maximum absolute atomic E-state index is 11.2. The zero-order valence-corrected chi connectivity index (χ0v) is 8.91. The van der Waals surface area contributed by atoms with Gasteiger partial charge in [0.1, 0.15) is 0 Å². The molecule has 5 nitrogen and oxygen atoms in total. The summed E-state index contributed by atoms with van der Waals surface area (Å²) >= 11 is 1.42. The Morgan fingerprint density at radius 3 is 2.53 bits per heavy atom. The average Bonchev–Trinajstić information content (AvgIpc) is 2.18. The molecular weight excluding hydrogens is 216 g/mol. The molecule has 0 aliphatic rings. The number of nitro groups is 1. The second-order valence-electron chi connectivity index (χ2n) is 2.79. The van der Waals surface area contributed by atoms with Crippen LogP contribution in [0.2, 0.25) is 0 Å². The van der Waals surface area contributed by atoms with Crippen molar-refractivity contribution in [1.29, 1.82) is 0 Å². The lowest BCUT2D eigenvalue weighted by molar-refractivity contribution is -0.384. The molecule has 0 aromatic heterocycles. The van der Waals surface area contributed by atoms with Gasteiger partial charge in [-0.2, -0.15) is 11.8 Å². The number of hydrogen-bond donors (Lipinski definition) is 1. The number of carbonyl (C=O) groups excluding carboxylic acids is 1. The number of hydrogen-bond acceptors (Lipinski definition) is 4. The quantitative estimate of drug-likeness (QED) is 0.628. The molecule has 15 heavy (non-hydrogen) atoms. The molecule has 0 radical (unpaired) electrons. The number of amides is 1. The van der Waals surface area contributed by atoms with Gasteiger partial charge in [-0.25, -0.2) is 0 Å². The Morgan fingerprint density at radius 2 is 2.07 bits per heavy atom. The van der Waals surface area contributed by atoms with Gasteiger partial charge >= 0.3 is 0 Å². The molecule has 0 saturated heterocycles. The Hall–Kier alpha value is -1.56. The molecule has 0 aliphatic heterocycles. The first-order valence-electron chi connectivity index (χ1n) is 4.16. The third-order valence-corrected chi connectivity index (χ3v) is 2.19. The highest BCUT2D eigenvalue weighted by molar-refractivity contribution is 7.99. The normalized spacial score (nSPS) is 9.67. The fourth-order valence-corrected chi connectivity index (χ4v) is 1.33. The van der Waals surface area contributed by atoms with Gasteiger partial charge in [-0.1, -0.05) is 0 Å². The van der Waals surface area contributed by atoms with Crippen LogP contribution < -0.4 is 5.32 Å². The second-order valence-corrected chi connectivity index (χ2v) is 3.65. The van der Waals surface area contributed by atoms with Crippen molar-refractivity contribution < 1.29 is 9.72 Å². The predicted octanol–water partition coefficient (Wildman–Crippen LogP) is 1.90. The summed E-state index contributed by atoms with van der Waals surface area (Å²) in [4.78, 5) is 21.0. The third kappa shape index (κ3) is 3.59. The number of anilines is 1. The summed E-state index contributed by atoms with van der Waals surface area (Å²) in [6.07, 6.45) is 1.83. The van der Waals surface area contributed by atoms with E-state index in [9.17, 15) is 14.9 Å². The van der Waals surface area contributed by atoms with Crippen molar-refractivity contribution in [2.75, 3.05) is 17.3 Å². The van der Waals surface area contributed by atoms with Gasteiger partial charge in [0.05, 0.1) is 10.7 Å². The van der Waals surface area contributed by atoms with E-state index in [1.807, 2.05) is 6.26 Å². The molecule has 0 atom stereocenters. The highest BCUT2D eigenvalue weighted by Crippen LogP contribution is 2.15. The van der Waals surface area contributed by atoms with Crippen molar-refractivity contribution in [3.05, 3.63) is 34.4 Å². The zero-order chi connectivity index (χ0) is 11.3. The zero-order valence-electron chi connectivity index (χ0n) is 8.10. The Balaban J connectivity index is 2.64. The number of nitrogens with one attached hydrogen (secondary N) is 1. The van der Waals surface area contributed by atoms with Crippen LogP contribution in [0, 0.1) is 10.1 Å². The standard InChI is InChI=1S/C9H10N2O3S/c1-15-6-9(12)10-7-2-4-8(5-3-7)11(13)14/h2-5H,6H2,1H3,(H,10,12). The van der Waals surface area contributed by atoms with Crippen LogP contribution in [0.4, 0.5) is 11.4 Å². The van der Waals surface area contributed by atoms with Crippen LogP contribution >= 0.6 is 11.8 Å². The molecule has 1 rings (SSSR count). The van der Waals surface area contributed by atoms with Crippen LogP contribution in [0.5, 0.6) is 0 Å². The minimum absolute atomic E-state index is 0.0119. The van der Waals surface area contributed by atoms with Crippen LogP contribution in [0.1, 0.15) is 0 Å². The van der Waals surface area contributed by atoms with E-state index in [2.05, 4.69) is 5.32 Å². The summed E-state index contributed by atoms with van der Waals surface area (Å²) in [6.45, 7) is 0. The van der Waals surface area contributed by atoms with Gasteiger partial charge in [-0.3, -0.25) is 14.9 Å². The Labute approximate surface area is 91.0 Å². The van der Waals surface area contributed by atoms with Crippen molar-refractivity contribution in [2.45, 2.75) is 0 Å². The van der Waals surface area contributed by atoms with Crippen LogP contribution in [-0.4, -0.2) is 22.8 Å². The molecule has 0 aliphatic carbocycles. The lowest BCUT2D eigenvalue weighted by Crippen LogP contribution is -2.13. The van der Waals surface area contributed by atoms with Crippen LogP contribution in [0.25, 0.3) is 0 Å². The number of benzene rings is 1. The van der Waals surface area contributed by atoms with E-state index in [4.69, 9.17) is 0 Å². The predicted molar refractivity (Wildman–Crippen MR) is 60.1 cm³/mol. The van der Waals surface area contributed by atoms with Crippen molar-refractivity contribution in [2.24, 2.45) is 0 Å². The average molecular weight is 226 g/mol. The molecule has 0 heterocycles. The summed E-state index contributed by atoms with van der Waals surface area (Å²) < 4.78 is 0. The van der Waals surface area contributed by atoms with Crippen molar-refractivity contribution in [3.8, 4) is 0 Å². The van der Waals surface area contributed by atoms with Gasteiger partial charge in [0.2, 0.25) is 5.91 Å². The first-order valence-corrected chi connectivity index (χ1v) is 5.56. The first-order chi connectivity index (χ1) is 7.13. The molecule has 0 spiro atoms. The fourth-order valence-electron chi connectivity index (χ4n) is 0.995. The molecule has 6 heteroatoms. The molecule has 0 unspecified atom stereocenters. The van der Waals surface area contributed by atoms with Gasteiger partial charge in [0.15, 0.2) is 0 Å². The third-order valence-electron chi connectivity index (χ3n) is 1.64. The summed E-state index contributed by atoms with van der Waals surface area (Å²) in [6, 6.07) is 5.73. The maximum atomic E-state index is 11.2. The molecule has 0 bridgehead atoms. The van der Waals surface area contributed by atoms with Crippen molar-refractivity contribution in [3.63, 3.8) is 0 Å². The summed E-state index contributed by atoms with van der Waals surface area (Å²) in [5.74, 6) is 0.258. The maximum Gasteiger partial charge on any atom is 0.269 e. The molecular formula is C9H10N2O3S. The van der Waals surface area contributed by atoms with Gasteiger partial charge in [0, 0.05) is 17.8 Å². The number of thioether (sulfide) groups is 1. The fraction of sp³-hybridized carbons (Fsp3) is 0.222. The monoisotopic (exact) mass is 226 g/mol. The number of rotatable bonds is 4. The van der Waals surface area contributed by atoms with Crippen LogP contribution in [0.3, 0.4) is 0 Å². The molecule has 0 fully saturated rings. The van der Waals surface area contributed by atoms with E-state index < -0.39 is 4.92 Å². The summed E-state index contributed by atoms with van der Waals surface area (Å²) in [5.41, 5.74) is 0.581. The highest BCUT2D eigenvalue weighted by atomic mass is 32.2. The lowest BCUT2D eigenvalue weighted by Gasteiger charge is -2.02. The summed E-state index contributed by atoms with van der Waals surface area (Å²) in [5, 5.41) is 13.0. The number of non-ortho nitro benzene ring substituents is 1. The number of carbonyl (C=O) groups is 1. The SMILES string of the molecule is CSCC(=O)Nc1ccc([N+](=O)[O-])cc1. The minimum atomic E-state index is -0.479. The van der Waals surface area contributed by atoms with Crippen LogP contribution in [-0.2, 0) is 4.79 Å². The first kappa shape index (κ1) is 11.5. The second kappa shape index (κ2) is 5.35. The van der Waals surface area contributed by atoms with Crippen molar-refractivity contribution >= 4 is 29.0 Å². The largest absolute Gasteiger partial charge is 0.325 e. The molecule has 1 aromatic rings. The topological polar surface area (TPSA) is 72.2 Å². The molecule has 1 aromatic carbocycles. The molecule has 1 amide bonds. The minimum Gasteiger partial charge on any atom is -0.325 e. The van der Waals surface area contributed by atoms with E-state index in [0.717, 1.165) is 0 Å². The van der Waals surface area contributed by atoms with E-state index in [1.165, 1.54) is 36.0 Å². The Morgan fingerprint density at radius 1 is 1.47 bits per heavy atom. The van der Waals surface area contributed by atoms with E-state index in [-0.39, 0.29) is 11.6 Å². The highest BCUT2D eigenvalue weighted by Gasteiger charge is 2.05. The number of nitrogens with zero attached hydrogens (tertiary/aromatic N) is 1. The Bertz CT molecular complexity index is 364. The van der Waals surface area contributed by atoms with Gasteiger partial charge in [0.25, 0.3) is 5.69 Å². The molecule has 80 valence electrons. The van der Waals surface area contributed by atoms with Gasteiger partial charge < -0.3 is 5.32 Å². The number of nitro benzene ring substituents is 1. The van der Waals surface area contributed by atoms with Crippen LogP contribution in [0.15, 0.2) is 24.3 Å². The van der Waals surface area contributed by atoms with Gasteiger partial charge in [-0.15, -0.1) is 0 Å². The summed E-state index contributed by atoms with van der Waals surface area (Å²) in [7, 11) is 0. The van der Waals surface area contributed by atoms with E-state index >= 15 is 0 Å². The van der Waals surface area contributed by atoms with E-state index in [0.29, 0.717) is 11.4 Å². The van der Waals surface area contributed by atoms with Crippen molar-refractivity contribution in [1.82, 2.24) is 0 Å².